The monoisotopic (exact) mass is 185 g/mol. The topological polar surface area (TPSA) is 21.3 Å². The summed E-state index contributed by atoms with van der Waals surface area (Å²) in [6.45, 7) is 6.56. The maximum absolute atomic E-state index is 5.18. The molecule has 1 saturated carbocycles. The Bertz CT molecular complexity index is 143. The minimum Gasteiger partial charge on any atom is -0.380 e. The minimum absolute atomic E-state index is 0.345. The highest BCUT2D eigenvalue weighted by molar-refractivity contribution is 4.94. The van der Waals surface area contributed by atoms with E-state index in [-0.39, 0.29) is 0 Å². The number of ether oxygens (including phenoxy) is 1. The Morgan fingerprint density at radius 1 is 1.46 bits per heavy atom. The number of hydrogen-bond acceptors (Lipinski definition) is 2. The number of methoxy groups -OCH3 is 1. The normalized spacial score (nSPS) is 21.5. The zero-order valence-electron chi connectivity index (χ0n) is 9.23. The quantitative estimate of drug-likeness (QED) is 0.656. The smallest absolute Gasteiger partial charge is 0.0667 e. The number of nitrogens with one attached hydrogen (secondary N) is 1. The van der Waals surface area contributed by atoms with Crippen LogP contribution in [0.4, 0.5) is 0 Å². The third kappa shape index (κ3) is 3.65. The van der Waals surface area contributed by atoms with Crippen LogP contribution in [-0.2, 0) is 4.74 Å². The van der Waals surface area contributed by atoms with Gasteiger partial charge in [0.1, 0.15) is 0 Å². The van der Waals surface area contributed by atoms with Gasteiger partial charge in [0.15, 0.2) is 0 Å². The molecule has 0 bridgehead atoms. The van der Waals surface area contributed by atoms with Gasteiger partial charge in [0, 0.05) is 20.2 Å². The van der Waals surface area contributed by atoms with E-state index in [9.17, 15) is 0 Å². The molecule has 0 aromatic carbocycles. The predicted octanol–water partition coefficient (Wildman–Crippen LogP) is 2.19. The number of hydrogen-bond donors (Lipinski definition) is 1. The predicted molar refractivity (Wildman–Crippen MR) is 55.9 cm³/mol. The highest BCUT2D eigenvalue weighted by Crippen LogP contribution is 2.48. The Morgan fingerprint density at radius 3 is 2.62 bits per heavy atom. The summed E-state index contributed by atoms with van der Waals surface area (Å²) in [7, 11) is 1.77. The van der Waals surface area contributed by atoms with E-state index < -0.39 is 0 Å². The van der Waals surface area contributed by atoms with Crippen molar-refractivity contribution in [3.63, 3.8) is 0 Å². The standard InChI is InChI=1S/C11H23NO/c1-4-5-11(6-7-11)9-12-8-10(2)13-3/h10,12H,4-9H2,1-3H3. The van der Waals surface area contributed by atoms with Gasteiger partial charge in [-0.3, -0.25) is 0 Å². The zero-order chi connectivity index (χ0) is 9.73. The molecule has 78 valence electrons. The molecule has 0 aromatic heterocycles. The fourth-order valence-corrected chi connectivity index (χ4v) is 1.85. The van der Waals surface area contributed by atoms with Crippen molar-refractivity contribution in [1.82, 2.24) is 5.32 Å². The highest BCUT2D eigenvalue weighted by Gasteiger charge is 2.40. The van der Waals surface area contributed by atoms with E-state index in [1.165, 1.54) is 32.2 Å². The fourth-order valence-electron chi connectivity index (χ4n) is 1.85. The summed E-state index contributed by atoms with van der Waals surface area (Å²) in [5.41, 5.74) is 0.669. The molecule has 1 atom stereocenters. The van der Waals surface area contributed by atoms with Crippen molar-refractivity contribution >= 4 is 0 Å². The molecule has 0 aliphatic heterocycles. The first-order valence-corrected chi connectivity index (χ1v) is 5.46. The lowest BCUT2D eigenvalue weighted by molar-refractivity contribution is 0.115. The second kappa shape index (κ2) is 4.97. The summed E-state index contributed by atoms with van der Waals surface area (Å²) in [5, 5.41) is 3.50. The molecule has 0 aromatic rings. The van der Waals surface area contributed by atoms with E-state index in [2.05, 4.69) is 19.2 Å². The van der Waals surface area contributed by atoms with Gasteiger partial charge in [0.2, 0.25) is 0 Å². The summed E-state index contributed by atoms with van der Waals surface area (Å²) in [4.78, 5) is 0. The van der Waals surface area contributed by atoms with Crippen LogP contribution in [0.1, 0.15) is 39.5 Å². The first-order valence-electron chi connectivity index (χ1n) is 5.46. The van der Waals surface area contributed by atoms with Crippen molar-refractivity contribution in [1.29, 1.82) is 0 Å². The molecule has 0 heterocycles. The Kier molecular flexibility index (Phi) is 4.20. The van der Waals surface area contributed by atoms with Crippen LogP contribution in [0.3, 0.4) is 0 Å². The molecule has 13 heavy (non-hydrogen) atoms. The van der Waals surface area contributed by atoms with Crippen LogP contribution in [0.2, 0.25) is 0 Å². The molecule has 1 N–H and O–H groups in total. The summed E-state index contributed by atoms with van der Waals surface area (Å²) in [6.07, 6.45) is 5.91. The third-order valence-corrected chi connectivity index (χ3v) is 3.07. The number of rotatable bonds is 7. The maximum atomic E-state index is 5.18. The van der Waals surface area contributed by atoms with Crippen molar-refractivity contribution in [2.75, 3.05) is 20.2 Å². The summed E-state index contributed by atoms with van der Waals surface area (Å²) >= 11 is 0. The molecule has 1 fully saturated rings. The molecule has 0 amide bonds. The SMILES string of the molecule is CCCC1(CNCC(C)OC)CC1. The largest absolute Gasteiger partial charge is 0.380 e. The van der Waals surface area contributed by atoms with Gasteiger partial charge < -0.3 is 10.1 Å². The Labute approximate surface area is 82.0 Å². The van der Waals surface area contributed by atoms with E-state index in [1.807, 2.05) is 0 Å². The Balaban J connectivity index is 2.05. The van der Waals surface area contributed by atoms with Gasteiger partial charge in [-0.15, -0.1) is 0 Å². The van der Waals surface area contributed by atoms with Crippen LogP contribution in [0.5, 0.6) is 0 Å². The second-order valence-corrected chi connectivity index (χ2v) is 4.43. The van der Waals surface area contributed by atoms with Crippen LogP contribution < -0.4 is 5.32 Å². The summed E-state index contributed by atoms with van der Waals surface area (Å²) in [6, 6.07) is 0. The first-order chi connectivity index (χ1) is 6.22. The third-order valence-electron chi connectivity index (χ3n) is 3.07. The van der Waals surface area contributed by atoms with Crippen LogP contribution in [-0.4, -0.2) is 26.3 Å². The van der Waals surface area contributed by atoms with Crippen molar-refractivity contribution < 1.29 is 4.74 Å². The van der Waals surface area contributed by atoms with Gasteiger partial charge in [-0.1, -0.05) is 13.3 Å². The molecule has 1 unspecified atom stereocenters. The van der Waals surface area contributed by atoms with Gasteiger partial charge in [-0.25, -0.2) is 0 Å². The molecule has 0 spiro atoms. The molecular formula is C11H23NO. The molecule has 2 heteroatoms. The van der Waals surface area contributed by atoms with Gasteiger partial charge in [-0.05, 0) is 31.6 Å². The van der Waals surface area contributed by atoms with Crippen LogP contribution in [0.25, 0.3) is 0 Å². The van der Waals surface area contributed by atoms with Crippen LogP contribution >= 0.6 is 0 Å². The van der Waals surface area contributed by atoms with Gasteiger partial charge >= 0.3 is 0 Å². The van der Waals surface area contributed by atoms with Crippen LogP contribution in [0.15, 0.2) is 0 Å². The van der Waals surface area contributed by atoms with E-state index in [0.29, 0.717) is 11.5 Å². The van der Waals surface area contributed by atoms with E-state index in [0.717, 1.165) is 6.54 Å². The second-order valence-electron chi connectivity index (χ2n) is 4.43. The molecule has 0 radical (unpaired) electrons. The highest BCUT2D eigenvalue weighted by atomic mass is 16.5. The zero-order valence-corrected chi connectivity index (χ0v) is 9.23. The Morgan fingerprint density at radius 2 is 2.15 bits per heavy atom. The van der Waals surface area contributed by atoms with E-state index in [1.54, 1.807) is 7.11 Å². The molecule has 1 aliphatic rings. The lowest BCUT2D eigenvalue weighted by atomic mass is 10.0. The van der Waals surface area contributed by atoms with Gasteiger partial charge in [0.25, 0.3) is 0 Å². The molecular weight excluding hydrogens is 162 g/mol. The fraction of sp³-hybridized carbons (Fsp3) is 1.00. The molecule has 2 nitrogen and oxygen atoms in total. The van der Waals surface area contributed by atoms with E-state index >= 15 is 0 Å². The lowest BCUT2D eigenvalue weighted by Gasteiger charge is -2.16. The average Bonchev–Trinajstić information content (AvgIpc) is 2.86. The maximum Gasteiger partial charge on any atom is 0.0667 e. The summed E-state index contributed by atoms with van der Waals surface area (Å²) in [5.74, 6) is 0. The van der Waals surface area contributed by atoms with Gasteiger partial charge in [0.05, 0.1) is 6.10 Å². The average molecular weight is 185 g/mol. The minimum atomic E-state index is 0.345. The van der Waals surface area contributed by atoms with Crippen molar-refractivity contribution in [3.8, 4) is 0 Å². The molecule has 1 aliphatic carbocycles. The Hall–Kier alpha value is -0.0800. The van der Waals surface area contributed by atoms with Gasteiger partial charge in [-0.2, -0.15) is 0 Å². The van der Waals surface area contributed by atoms with E-state index in [4.69, 9.17) is 4.74 Å². The molecule has 1 rings (SSSR count). The van der Waals surface area contributed by atoms with Crippen molar-refractivity contribution in [2.45, 2.75) is 45.6 Å². The summed E-state index contributed by atoms with van der Waals surface area (Å²) < 4.78 is 5.18. The van der Waals surface area contributed by atoms with Crippen molar-refractivity contribution in [3.05, 3.63) is 0 Å². The lowest BCUT2D eigenvalue weighted by Crippen LogP contribution is -2.31. The first kappa shape index (κ1) is 11.0. The van der Waals surface area contributed by atoms with Crippen molar-refractivity contribution in [2.24, 2.45) is 5.41 Å². The molecule has 0 saturated heterocycles. The van der Waals surface area contributed by atoms with Crippen LogP contribution in [0, 0.1) is 5.41 Å².